The van der Waals surface area contributed by atoms with Crippen LogP contribution >= 0.6 is 11.8 Å². The second kappa shape index (κ2) is 5.53. The molecule has 6 heteroatoms. The topological polar surface area (TPSA) is 87.5 Å². The summed E-state index contributed by atoms with van der Waals surface area (Å²) in [5, 5.41) is 18.0. The van der Waals surface area contributed by atoms with Crippen molar-refractivity contribution in [2.45, 2.75) is 9.79 Å². The lowest BCUT2D eigenvalue weighted by Gasteiger charge is -2.06. The lowest BCUT2D eigenvalue weighted by Crippen LogP contribution is -2.03. The van der Waals surface area contributed by atoms with Crippen molar-refractivity contribution in [2.24, 2.45) is 0 Å². The molecule has 0 aliphatic carbocycles. The summed E-state index contributed by atoms with van der Waals surface area (Å²) in [4.78, 5) is 27.2. The first-order valence-electron chi connectivity index (χ1n) is 5.26. The Hall–Kier alpha value is -2.34. The van der Waals surface area contributed by atoms with E-state index in [-0.39, 0.29) is 11.1 Å². The molecule has 2 aromatic rings. The summed E-state index contributed by atoms with van der Waals surface area (Å²) in [6.07, 6.45) is 3.21. The number of hydrogen-bond donors (Lipinski definition) is 2. The summed E-state index contributed by atoms with van der Waals surface area (Å²) in [5.41, 5.74) is -0.0711. The molecule has 0 fully saturated rings. The van der Waals surface area contributed by atoms with E-state index in [0.717, 1.165) is 11.0 Å². The minimum absolute atomic E-state index is 0.0262. The van der Waals surface area contributed by atoms with Crippen molar-refractivity contribution in [1.82, 2.24) is 4.98 Å². The summed E-state index contributed by atoms with van der Waals surface area (Å²) in [6, 6.07) is 7.55. The smallest absolute Gasteiger partial charge is 0.336 e. The fourth-order valence-electron chi connectivity index (χ4n) is 1.45. The van der Waals surface area contributed by atoms with Gasteiger partial charge in [-0.15, -0.1) is 0 Å². The Morgan fingerprint density at radius 3 is 2.26 bits per heavy atom. The number of rotatable bonds is 4. The summed E-state index contributed by atoms with van der Waals surface area (Å²) < 4.78 is 0. The van der Waals surface area contributed by atoms with Crippen LogP contribution in [0.1, 0.15) is 20.7 Å². The van der Waals surface area contributed by atoms with Crippen molar-refractivity contribution < 1.29 is 19.8 Å². The molecule has 0 saturated heterocycles. The molecule has 0 saturated carbocycles. The first-order valence-corrected chi connectivity index (χ1v) is 6.08. The molecule has 0 aliphatic heterocycles. The number of pyridine rings is 1. The fraction of sp³-hybridized carbons (Fsp3) is 0. The number of hydrogen-bond acceptors (Lipinski definition) is 4. The highest BCUT2D eigenvalue weighted by molar-refractivity contribution is 7.99. The largest absolute Gasteiger partial charge is 0.478 e. The first-order chi connectivity index (χ1) is 9.08. The average molecular weight is 275 g/mol. The number of benzene rings is 1. The standard InChI is InChI=1S/C13H9NO4S/c15-12(16)8-1-2-11(10(7-8)13(17)18)19-9-3-5-14-6-4-9/h1-7H,(H,15,16)(H,17,18). The van der Waals surface area contributed by atoms with Gasteiger partial charge in [-0.1, -0.05) is 11.8 Å². The van der Waals surface area contributed by atoms with Gasteiger partial charge in [0.2, 0.25) is 0 Å². The second-order valence-electron chi connectivity index (χ2n) is 3.61. The Labute approximate surface area is 112 Å². The Morgan fingerprint density at radius 1 is 1.00 bits per heavy atom. The van der Waals surface area contributed by atoms with Crippen molar-refractivity contribution in [3.63, 3.8) is 0 Å². The van der Waals surface area contributed by atoms with Gasteiger partial charge in [-0.25, -0.2) is 9.59 Å². The SMILES string of the molecule is O=C(O)c1ccc(Sc2ccncc2)c(C(=O)O)c1. The van der Waals surface area contributed by atoms with Crippen LogP contribution in [0.5, 0.6) is 0 Å². The van der Waals surface area contributed by atoms with Gasteiger partial charge >= 0.3 is 11.9 Å². The molecule has 0 radical (unpaired) electrons. The molecule has 19 heavy (non-hydrogen) atoms. The summed E-state index contributed by atoms with van der Waals surface area (Å²) >= 11 is 1.25. The Morgan fingerprint density at radius 2 is 1.68 bits per heavy atom. The highest BCUT2D eigenvalue weighted by atomic mass is 32.2. The monoisotopic (exact) mass is 275 g/mol. The van der Waals surface area contributed by atoms with E-state index in [0.29, 0.717) is 4.90 Å². The molecule has 0 bridgehead atoms. The highest BCUT2D eigenvalue weighted by Gasteiger charge is 2.14. The number of carboxylic acid groups (broad SMARTS) is 2. The predicted molar refractivity (Wildman–Crippen MR) is 68.7 cm³/mol. The van der Waals surface area contributed by atoms with E-state index < -0.39 is 11.9 Å². The normalized spacial score (nSPS) is 10.1. The molecule has 0 atom stereocenters. The van der Waals surface area contributed by atoms with Crippen LogP contribution in [-0.4, -0.2) is 27.1 Å². The van der Waals surface area contributed by atoms with Crippen molar-refractivity contribution in [1.29, 1.82) is 0 Å². The number of carboxylic acids is 2. The number of carbonyl (C=O) groups is 2. The van der Waals surface area contributed by atoms with E-state index in [1.54, 1.807) is 24.5 Å². The molecule has 5 nitrogen and oxygen atoms in total. The van der Waals surface area contributed by atoms with E-state index in [9.17, 15) is 9.59 Å². The van der Waals surface area contributed by atoms with Crippen molar-refractivity contribution in [2.75, 3.05) is 0 Å². The average Bonchev–Trinajstić information content (AvgIpc) is 2.39. The molecule has 96 valence electrons. The minimum Gasteiger partial charge on any atom is -0.478 e. The van der Waals surface area contributed by atoms with Crippen molar-refractivity contribution >= 4 is 23.7 Å². The van der Waals surface area contributed by atoms with E-state index in [4.69, 9.17) is 10.2 Å². The van der Waals surface area contributed by atoms with Crippen LogP contribution in [0.25, 0.3) is 0 Å². The molecule has 1 aromatic carbocycles. The Balaban J connectivity index is 2.40. The van der Waals surface area contributed by atoms with Gasteiger partial charge in [0.25, 0.3) is 0 Å². The van der Waals surface area contributed by atoms with Gasteiger partial charge in [0, 0.05) is 22.2 Å². The third-order valence-electron chi connectivity index (χ3n) is 2.33. The third-order valence-corrected chi connectivity index (χ3v) is 3.42. The van der Waals surface area contributed by atoms with Gasteiger partial charge < -0.3 is 10.2 Å². The summed E-state index contributed by atoms with van der Waals surface area (Å²) in [5.74, 6) is -2.30. The predicted octanol–water partition coefficient (Wildman–Crippen LogP) is 2.63. The summed E-state index contributed by atoms with van der Waals surface area (Å²) in [6.45, 7) is 0. The maximum atomic E-state index is 11.2. The zero-order chi connectivity index (χ0) is 13.8. The molecule has 1 heterocycles. The molecular weight excluding hydrogens is 266 g/mol. The molecule has 1 aromatic heterocycles. The minimum atomic E-state index is -1.15. The number of nitrogens with zero attached hydrogens (tertiary/aromatic N) is 1. The molecule has 2 rings (SSSR count). The van der Waals surface area contributed by atoms with E-state index in [1.165, 1.54) is 23.9 Å². The number of aromatic nitrogens is 1. The van der Waals surface area contributed by atoms with Crippen molar-refractivity contribution in [3.05, 3.63) is 53.9 Å². The second-order valence-corrected chi connectivity index (χ2v) is 4.72. The van der Waals surface area contributed by atoms with Gasteiger partial charge in [-0.05, 0) is 30.3 Å². The van der Waals surface area contributed by atoms with Gasteiger partial charge in [-0.2, -0.15) is 0 Å². The Kier molecular flexibility index (Phi) is 3.82. The molecule has 0 spiro atoms. The molecule has 0 aliphatic rings. The molecule has 0 amide bonds. The molecule has 2 N–H and O–H groups in total. The van der Waals surface area contributed by atoms with Crippen LogP contribution in [0.4, 0.5) is 0 Å². The Bertz CT molecular complexity index is 628. The van der Waals surface area contributed by atoms with Gasteiger partial charge in [0.15, 0.2) is 0 Å². The molecular formula is C13H9NO4S. The maximum Gasteiger partial charge on any atom is 0.336 e. The van der Waals surface area contributed by atoms with E-state index >= 15 is 0 Å². The number of aromatic carboxylic acids is 2. The zero-order valence-electron chi connectivity index (χ0n) is 9.61. The van der Waals surface area contributed by atoms with Gasteiger partial charge in [0.05, 0.1) is 11.1 Å². The highest BCUT2D eigenvalue weighted by Crippen LogP contribution is 2.30. The van der Waals surface area contributed by atoms with Crippen molar-refractivity contribution in [3.8, 4) is 0 Å². The van der Waals surface area contributed by atoms with Crippen LogP contribution in [0.15, 0.2) is 52.5 Å². The molecule has 0 unspecified atom stereocenters. The first kappa shape index (κ1) is 13.1. The lowest BCUT2D eigenvalue weighted by atomic mass is 10.1. The van der Waals surface area contributed by atoms with Crippen LogP contribution in [0, 0.1) is 0 Å². The fourth-order valence-corrected chi connectivity index (χ4v) is 2.36. The van der Waals surface area contributed by atoms with Gasteiger partial charge in [-0.3, -0.25) is 4.98 Å². The van der Waals surface area contributed by atoms with Crippen LogP contribution in [0.3, 0.4) is 0 Å². The van der Waals surface area contributed by atoms with Crippen LogP contribution in [-0.2, 0) is 0 Å². The van der Waals surface area contributed by atoms with Crippen LogP contribution < -0.4 is 0 Å². The quantitative estimate of drug-likeness (QED) is 0.891. The third kappa shape index (κ3) is 3.11. The van der Waals surface area contributed by atoms with Crippen LogP contribution in [0.2, 0.25) is 0 Å². The van der Waals surface area contributed by atoms with E-state index in [2.05, 4.69) is 4.98 Å². The zero-order valence-corrected chi connectivity index (χ0v) is 10.4. The summed E-state index contributed by atoms with van der Waals surface area (Å²) in [7, 11) is 0. The van der Waals surface area contributed by atoms with Gasteiger partial charge in [0.1, 0.15) is 0 Å². The van der Waals surface area contributed by atoms with E-state index in [1.807, 2.05) is 0 Å². The maximum absolute atomic E-state index is 11.2. The lowest BCUT2D eigenvalue weighted by molar-refractivity contribution is 0.0693.